The van der Waals surface area contributed by atoms with Gasteiger partial charge in [0.1, 0.15) is 11.2 Å². The zero-order chi connectivity index (χ0) is 14.2. The molecule has 1 aromatic carbocycles. The maximum Gasteiger partial charge on any atom is 0.329 e. The van der Waals surface area contributed by atoms with Crippen LogP contribution in [0, 0.1) is 16.0 Å². The van der Waals surface area contributed by atoms with E-state index >= 15 is 0 Å². The number of hydrogen-bond acceptors (Lipinski definition) is 4. The van der Waals surface area contributed by atoms with E-state index in [9.17, 15) is 20.0 Å². The monoisotopic (exact) mass is 328 g/mol. The number of anilines is 1. The number of halogens is 1. The average molecular weight is 329 g/mol. The van der Waals surface area contributed by atoms with E-state index in [1.165, 1.54) is 12.1 Å². The Morgan fingerprint density at radius 2 is 2.21 bits per heavy atom. The summed E-state index contributed by atoms with van der Waals surface area (Å²) in [5.41, 5.74) is -1.08. The van der Waals surface area contributed by atoms with Gasteiger partial charge in [-0.2, -0.15) is 0 Å². The predicted molar refractivity (Wildman–Crippen MR) is 73.2 cm³/mol. The highest BCUT2D eigenvalue weighted by Crippen LogP contribution is 2.43. The number of hydrogen-bond donors (Lipinski definition) is 2. The summed E-state index contributed by atoms with van der Waals surface area (Å²) < 4.78 is 0.657. The lowest BCUT2D eigenvalue weighted by atomic mass is 9.95. The molecule has 2 N–H and O–H groups in total. The SMILES string of the molecule is CC(Nc1cc(Br)ccc1[N+](=O)[O-])(C(=O)O)C1CC1. The minimum atomic E-state index is -1.18. The van der Waals surface area contributed by atoms with Crippen molar-refractivity contribution in [1.29, 1.82) is 0 Å². The Morgan fingerprint density at radius 3 is 2.68 bits per heavy atom. The summed E-state index contributed by atoms with van der Waals surface area (Å²) in [5.74, 6) is -0.993. The molecule has 7 heteroatoms. The van der Waals surface area contributed by atoms with Gasteiger partial charge in [0.2, 0.25) is 0 Å². The number of benzene rings is 1. The molecule has 6 nitrogen and oxygen atoms in total. The first-order valence-electron chi connectivity index (χ1n) is 5.80. The molecule has 102 valence electrons. The predicted octanol–water partition coefficient (Wildman–Crippen LogP) is 3.02. The summed E-state index contributed by atoms with van der Waals surface area (Å²) in [6.07, 6.45) is 1.63. The number of carbonyl (C=O) groups is 1. The van der Waals surface area contributed by atoms with E-state index in [1.54, 1.807) is 13.0 Å². The van der Waals surface area contributed by atoms with Crippen LogP contribution in [-0.2, 0) is 4.79 Å². The fourth-order valence-electron chi connectivity index (χ4n) is 2.04. The standard InChI is InChI=1S/C12H13BrN2O4/c1-12(11(16)17,7-2-3-7)14-9-6-8(13)4-5-10(9)15(18)19/h4-7,14H,2-3H2,1H3,(H,16,17). The van der Waals surface area contributed by atoms with Crippen LogP contribution >= 0.6 is 15.9 Å². The molecule has 0 amide bonds. The van der Waals surface area contributed by atoms with Gasteiger partial charge in [0.05, 0.1) is 4.92 Å². The second-order valence-corrected chi connectivity index (χ2v) is 5.74. The molecule has 1 unspecified atom stereocenters. The minimum Gasteiger partial charge on any atom is -0.480 e. The van der Waals surface area contributed by atoms with Gasteiger partial charge in [-0.25, -0.2) is 4.79 Å². The van der Waals surface area contributed by atoms with E-state index in [-0.39, 0.29) is 17.3 Å². The van der Waals surface area contributed by atoms with E-state index in [4.69, 9.17) is 0 Å². The van der Waals surface area contributed by atoms with Crippen LogP contribution in [0.5, 0.6) is 0 Å². The summed E-state index contributed by atoms with van der Waals surface area (Å²) in [4.78, 5) is 21.9. The lowest BCUT2D eigenvalue weighted by molar-refractivity contribution is -0.384. The molecule has 1 aliphatic rings. The molecule has 1 saturated carbocycles. The summed E-state index contributed by atoms with van der Waals surface area (Å²) in [6.45, 7) is 1.57. The number of aliphatic carboxylic acids is 1. The maximum atomic E-state index is 11.4. The summed E-state index contributed by atoms with van der Waals surface area (Å²) >= 11 is 3.23. The van der Waals surface area contributed by atoms with Crippen molar-refractivity contribution in [3.05, 3.63) is 32.8 Å². The molecule has 1 fully saturated rings. The fraction of sp³-hybridized carbons (Fsp3) is 0.417. The molecule has 0 bridgehead atoms. The second kappa shape index (κ2) is 4.80. The van der Waals surface area contributed by atoms with Crippen LogP contribution in [0.25, 0.3) is 0 Å². The molecule has 1 atom stereocenters. The van der Waals surface area contributed by atoms with Gasteiger partial charge in [0.25, 0.3) is 5.69 Å². The zero-order valence-electron chi connectivity index (χ0n) is 10.2. The van der Waals surface area contributed by atoms with Crippen molar-refractivity contribution in [1.82, 2.24) is 0 Å². The van der Waals surface area contributed by atoms with E-state index < -0.39 is 16.4 Å². The van der Waals surface area contributed by atoms with Crippen molar-refractivity contribution >= 4 is 33.3 Å². The summed E-state index contributed by atoms with van der Waals surface area (Å²) in [6, 6.07) is 4.43. The molecular weight excluding hydrogens is 316 g/mol. The molecule has 1 aromatic rings. The fourth-order valence-corrected chi connectivity index (χ4v) is 2.40. The number of nitro groups is 1. The number of nitro benzene ring substituents is 1. The maximum absolute atomic E-state index is 11.4. The normalized spacial score (nSPS) is 17.6. The molecule has 0 aromatic heterocycles. The van der Waals surface area contributed by atoms with Crippen LogP contribution in [0.4, 0.5) is 11.4 Å². The molecule has 0 radical (unpaired) electrons. The number of carboxylic acids is 1. The van der Waals surface area contributed by atoms with Gasteiger partial charge < -0.3 is 10.4 Å². The number of rotatable bonds is 5. The van der Waals surface area contributed by atoms with E-state index in [0.29, 0.717) is 4.47 Å². The van der Waals surface area contributed by atoms with E-state index in [2.05, 4.69) is 21.2 Å². The summed E-state index contributed by atoms with van der Waals surface area (Å²) in [7, 11) is 0. The van der Waals surface area contributed by atoms with Crippen molar-refractivity contribution < 1.29 is 14.8 Å². The molecule has 0 heterocycles. The Bertz CT molecular complexity index is 545. The summed E-state index contributed by atoms with van der Waals surface area (Å²) in [5, 5.41) is 23.2. The van der Waals surface area contributed by atoms with Gasteiger partial charge >= 0.3 is 5.97 Å². The average Bonchev–Trinajstić information content (AvgIpc) is 3.12. The number of nitrogens with zero attached hydrogens (tertiary/aromatic N) is 1. The molecule has 2 rings (SSSR count). The topological polar surface area (TPSA) is 92.5 Å². The molecule has 1 aliphatic carbocycles. The quantitative estimate of drug-likeness (QED) is 0.640. The smallest absolute Gasteiger partial charge is 0.329 e. The lowest BCUT2D eigenvalue weighted by Crippen LogP contribution is -2.45. The first-order chi connectivity index (χ1) is 8.84. The zero-order valence-corrected chi connectivity index (χ0v) is 11.8. The van der Waals surface area contributed by atoms with Crippen LogP contribution < -0.4 is 5.32 Å². The van der Waals surface area contributed by atoms with Gasteiger partial charge in [0, 0.05) is 10.5 Å². The first-order valence-corrected chi connectivity index (χ1v) is 6.59. The van der Waals surface area contributed by atoms with Crippen LogP contribution in [0.1, 0.15) is 19.8 Å². The third kappa shape index (κ3) is 2.70. The molecule has 0 spiro atoms. The van der Waals surface area contributed by atoms with Crippen molar-refractivity contribution in [2.24, 2.45) is 5.92 Å². The Kier molecular flexibility index (Phi) is 3.49. The second-order valence-electron chi connectivity index (χ2n) is 4.83. The largest absolute Gasteiger partial charge is 0.480 e. The van der Waals surface area contributed by atoms with Gasteiger partial charge in [0.15, 0.2) is 0 Å². The number of nitrogens with one attached hydrogen (secondary N) is 1. The van der Waals surface area contributed by atoms with Crippen LogP contribution in [0.3, 0.4) is 0 Å². The van der Waals surface area contributed by atoms with Gasteiger partial charge in [-0.3, -0.25) is 10.1 Å². The van der Waals surface area contributed by atoms with Crippen molar-refractivity contribution in [2.45, 2.75) is 25.3 Å². The molecule has 0 saturated heterocycles. The van der Waals surface area contributed by atoms with Gasteiger partial charge in [-0.15, -0.1) is 0 Å². The molecule has 0 aliphatic heterocycles. The first kappa shape index (κ1) is 13.8. The van der Waals surface area contributed by atoms with Crippen LogP contribution in [0.15, 0.2) is 22.7 Å². The molecule has 19 heavy (non-hydrogen) atoms. The highest BCUT2D eigenvalue weighted by atomic mass is 79.9. The third-order valence-corrected chi connectivity index (χ3v) is 3.88. The Hall–Kier alpha value is -1.63. The Morgan fingerprint density at radius 1 is 1.58 bits per heavy atom. The van der Waals surface area contributed by atoms with E-state index in [1.807, 2.05) is 0 Å². The third-order valence-electron chi connectivity index (χ3n) is 3.39. The van der Waals surface area contributed by atoms with Gasteiger partial charge in [-0.1, -0.05) is 15.9 Å². The lowest BCUT2D eigenvalue weighted by Gasteiger charge is -2.27. The van der Waals surface area contributed by atoms with Crippen molar-refractivity contribution in [3.63, 3.8) is 0 Å². The van der Waals surface area contributed by atoms with Gasteiger partial charge in [-0.05, 0) is 37.8 Å². The Labute approximate surface area is 118 Å². The van der Waals surface area contributed by atoms with Crippen molar-refractivity contribution in [2.75, 3.05) is 5.32 Å². The van der Waals surface area contributed by atoms with Crippen LogP contribution in [0.2, 0.25) is 0 Å². The molecular formula is C12H13BrN2O4. The highest BCUT2D eigenvalue weighted by molar-refractivity contribution is 9.10. The Balaban J connectivity index is 2.38. The number of carboxylic acid groups (broad SMARTS) is 1. The van der Waals surface area contributed by atoms with Crippen molar-refractivity contribution in [3.8, 4) is 0 Å². The van der Waals surface area contributed by atoms with Crippen LogP contribution in [-0.4, -0.2) is 21.5 Å². The highest BCUT2D eigenvalue weighted by Gasteiger charge is 2.48. The van der Waals surface area contributed by atoms with E-state index in [0.717, 1.165) is 12.8 Å². The minimum absolute atomic E-state index is 0.00332.